The number of nitro groups is 1. The van der Waals surface area contributed by atoms with Gasteiger partial charge in [-0.25, -0.2) is 0 Å². The van der Waals surface area contributed by atoms with E-state index < -0.39 is 16.3 Å². The largest absolute Gasteiger partial charge is 0.431 e. The van der Waals surface area contributed by atoms with Crippen LogP contribution in [0.1, 0.15) is 17.3 Å². The highest BCUT2D eigenvalue weighted by molar-refractivity contribution is 5.94. The molecule has 7 heteroatoms. The van der Waals surface area contributed by atoms with Crippen molar-refractivity contribution in [2.45, 2.75) is 6.92 Å². The molecule has 0 saturated heterocycles. The average molecular weight is 335 g/mol. The molecule has 3 rings (SSSR count). The zero-order valence-corrected chi connectivity index (χ0v) is 13.2. The Morgan fingerprint density at radius 3 is 2.28 bits per heavy atom. The summed E-state index contributed by atoms with van der Waals surface area (Å²) in [5.41, 5.74) is 1.03. The van der Waals surface area contributed by atoms with Crippen molar-refractivity contribution in [1.82, 2.24) is 9.55 Å². The second kappa shape index (κ2) is 6.48. The van der Waals surface area contributed by atoms with Gasteiger partial charge in [0.2, 0.25) is 0 Å². The normalized spacial score (nSPS) is 10.4. The summed E-state index contributed by atoms with van der Waals surface area (Å²) in [6.07, 6.45) is 1.45. The minimum atomic E-state index is -0.833. The monoisotopic (exact) mass is 335 g/mol. The molecule has 0 radical (unpaired) electrons. The van der Waals surface area contributed by atoms with Crippen molar-refractivity contribution >= 4 is 11.6 Å². The van der Waals surface area contributed by atoms with Crippen LogP contribution in [0.5, 0.6) is 0 Å². The first-order valence-electron chi connectivity index (χ1n) is 7.42. The van der Waals surface area contributed by atoms with Crippen molar-refractivity contribution in [3.8, 4) is 16.9 Å². The number of aromatic nitrogens is 2. The first-order chi connectivity index (χ1) is 12.0. The Hall–Kier alpha value is -3.61. The molecule has 0 aliphatic carbocycles. The van der Waals surface area contributed by atoms with Crippen LogP contribution in [0.15, 0.2) is 65.6 Å². The maximum Gasteiger partial charge on any atom is 0.431 e. The van der Waals surface area contributed by atoms with Crippen molar-refractivity contribution < 1.29 is 9.72 Å². The van der Waals surface area contributed by atoms with Gasteiger partial charge in [-0.3, -0.25) is 14.2 Å². The number of Topliss-reactive ketones (excluding diaryl/α,β-unsaturated/α-hetero) is 1. The van der Waals surface area contributed by atoms with E-state index in [9.17, 15) is 19.7 Å². The van der Waals surface area contributed by atoms with Crippen molar-refractivity contribution in [1.29, 1.82) is 0 Å². The van der Waals surface area contributed by atoms with Crippen LogP contribution in [0.2, 0.25) is 0 Å². The van der Waals surface area contributed by atoms with E-state index in [0.29, 0.717) is 22.5 Å². The third-order valence-electron chi connectivity index (χ3n) is 3.68. The maximum absolute atomic E-state index is 12.4. The predicted octanol–water partition coefficient (Wildman–Crippen LogP) is 3.01. The highest BCUT2D eigenvalue weighted by atomic mass is 16.6. The van der Waals surface area contributed by atoms with E-state index in [0.717, 1.165) is 4.57 Å². The number of hydrogen-bond donors (Lipinski definition) is 0. The lowest BCUT2D eigenvalue weighted by molar-refractivity contribution is -0.391. The minimum Gasteiger partial charge on any atom is -0.358 e. The molecule has 0 spiro atoms. The fourth-order valence-corrected chi connectivity index (χ4v) is 2.39. The number of carbonyl (C=O) groups excluding carboxylic acids is 1. The van der Waals surface area contributed by atoms with Gasteiger partial charge >= 0.3 is 11.4 Å². The molecule has 0 saturated carbocycles. The van der Waals surface area contributed by atoms with Crippen LogP contribution >= 0.6 is 0 Å². The first kappa shape index (κ1) is 16.3. The number of carbonyl (C=O) groups is 1. The van der Waals surface area contributed by atoms with E-state index >= 15 is 0 Å². The van der Waals surface area contributed by atoms with Crippen LogP contribution in [-0.2, 0) is 0 Å². The molecule has 0 bridgehead atoms. The Morgan fingerprint density at radius 2 is 1.72 bits per heavy atom. The zero-order chi connectivity index (χ0) is 18.0. The van der Waals surface area contributed by atoms with Gasteiger partial charge in [0.1, 0.15) is 0 Å². The number of hydrogen-bond acceptors (Lipinski definition) is 5. The summed E-state index contributed by atoms with van der Waals surface area (Å²) in [5.74, 6) is -0.860. The SMILES string of the molecule is CC(=O)c1ccc(-n2cc(-c3ccccc3)nc([N+](=O)[O-])c2=O)cc1. The molecule has 0 atom stereocenters. The van der Waals surface area contributed by atoms with Crippen LogP contribution in [0.25, 0.3) is 16.9 Å². The molecule has 0 N–H and O–H groups in total. The third-order valence-corrected chi connectivity index (χ3v) is 3.68. The van der Waals surface area contributed by atoms with E-state index in [4.69, 9.17) is 0 Å². The van der Waals surface area contributed by atoms with Crippen molar-refractivity contribution in [2.24, 2.45) is 0 Å². The predicted molar refractivity (Wildman–Crippen MR) is 91.9 cm³/mol. The topological polar surface area (TPSA) is 95.1 Å². The Kier molecular flexibility index (Phi) is 4.21. The molecule has 124 valence electrons. The summed E-state index contributed by atoms with van der Waals surface area (Å²) in [7, 11) is 0. The maximum atomic E-state index is 12.4. The second-order valence-electron chi connectivity index (χ2n) is 5.35. The molecule has 7 nitrogen and oxygen atoms in total. The second-order valence-corrected chi connectivity index (χ2v) is 5.35. The van der Waals surface area contributed by atoms with Crippen molar-refractivity contribution in [2.75, 3.05) is 0 Å². The fourth-order valence-electron chi connectivity index (χ4n) is 2.39. The van der Waals surface area contributed by atoms with Crippen LogP contribution in [0.3, 0.4) is 0 Å². The van der Waals surface area contributed by atoms with Crippen LogP contribution < -0.4 is 5.56 Å². The lowest BCUT2D eigenvalue weighted by atomic mass is 10.1. The number of rotatable bonds is 4. The Balaban J connectivity index is 2.21. The summed E-state index contributed by atoms with van der Waals surface area (Å²) >= 11 is 0. The summed E-state index contributed by atoms with van der Waals surface area (Å²) in [5, 5.41) is 11.2. The Labute approximate surface area is 142 Å². The average Bonchev–Trinajstić information content (AvgIpc) is 2.62. The van der Waals surface area contributed by atoms with Crippen LogP contribution in [-0.4, -0.2) is 20.3 Å². The Morgan fingerprint density at radius 1 is 1.08 bits per heavy atom. The number of benzene rings is 2. The molecule has 25 heavy (non-hydrogen) atoms. The third kappa shape index (κ3) is 3.20. The smallest absolute Gasteiger partial charge is 0.358 e. The van der Waals surface area contributed by atoms with Gasteiger partial charge in [0.15, 0.2) is 11.5 Å². The quantitative estimate of drug-likeness (QED) is 0.415. The fraction of sp³-hybridized carbons (Fsp3) is 0.0556. The molecule has 0 unspecified atom stereocenters. The standard InChI is InChI=1S/C18H13N3O4/c1-12(22)13-7-9-15(10-8-13)20-11-16(14-5-3-2-4-6-14)19-17(18(20)23)21(24)25/h2-11H,1H3. The summed E-state index contributed by atoms with van der Waals surface area (Å²) in [4.78, 5) is 38.1. The van der Waals surface area contributed by atoms with E-state index in [1.54, 1.807) is 48.5 Å². The lowest BCUT2D eigenvalue weighted by Gasteiger charge is -2.07. The van der Waals surface area contributed by atoms with Gasteiger partial charge in [-0.05, 0) is 41.1 Å². The summed E-state index contributed by atoms with van der Waals surface area (Å²) in [6.45, 7) is 1.44. The molecule has 1 aromatic heterocycles. The van der Waals surface area contributed by atoms with E-state index in [1.165, 1.54) is 13.1 Å². The van der Waals surface area contributed by atoms with Gasteiger partial charge in [-0.15, -0.1) is 0 Å². The van der Waals surface area contributed by atoms with Crippen LogP contribution in [0.4, 0.5) is 5.82 Å². The highest BCUT2D eigenvalue weighted by Gasteiger charge is 2.21. The molecule has 1 heterocycles. The van der Waals surface area contributed by atoms with Gasteiger partial charge in [0, 0.05) is 16.8 Å². The minimum absolute atomic E-state index is 0.107. The van der Waals surface area contributed by atoms with Gasteiger partial charge < -0.3 is 10.1 Å². The summed E-state index contributed by atoms with van der Waals surface area (Å²) in [6, 6.07) is 15.1. The molecular weight excluding hydrogens is 322 g/mol. The first-order valence-corrected chi connectivity index (χ1v) is 7.42. The summed E-state index contributed by atoms with van der Waals surface area (Å²) < 4.78 is 1.16. The van der Waals surface area contributed by atoms with Crippen molar-refractivity contribution in [3.05, 3.63) is 86.8 Å². The highest BCUT2D eigenvalue weighted by Crippen LogP contribution is 2.19. The van der Waals surface area contributed by atoms with Gasteiger partial charge in [-0.2, -0.15) is 0 Å². The van der Waals surface area contributed by atoms with Crippen molar-refractivity contribution in [3.63, 3.8) is 0 Å². The van der Waals surface area contributed by atoms with E-state index in [2.05, 4.69) is 4.98 Å². The number of nitrogens with zero attached hydrogens (tertiary/aromatic N) is 3. The molecule has 0 amide bonds. The molecular formula is C18H13N3O4. The van der Waals surface area contributed by atoms with E-state index in [1.807, 2.05) is 6.07 Å². The lowest BCUT2D eigenvalue weighted by Crippen LogP contribution is -2.22. The molecule has 0 aliphatic heterocycles. The van der Waals surface area contributed by atoms with Gasteiger partial charge in [0.05, 0.1) is 6.20 Å². The van der Waals surface area contributed by atoms with E-state index in [-0.39, 0.29) is 5.78 Å². The van der Waals surface area contributed by atoms with Gasteiger partial charge in [-0.1, -0.05) is 30.3 Å². The molecule has 0 aliphatic rings. The molecule has 2 aromatic carbocycles. The molecule has 3 aromatic rings. The molecule has 0 fully saturated rings. The van der Waals surface area contributed by atoms with Crippen LogP contribution in [0, 0.1) is 10.1 Å². The zero-order valence-electron chi connectivity index (χ0n) is 13.2. The Bertz CT molecular complexity index is 1010. The number of ketones is 1. The van der Waals surface area contributed by atoms with Gasteiger partial charge in [0.25, 0.3) is 0 Å².